The van der Waals surface area contributed by atoms with Gasteiger partial charge in [-0.15, -0.1) is 11.8 Å². The van der Waals surface area contributed by atoms with Crippen molar-refractivity contribution < 1.29 is 23.9 Å². The standard InChI is InChI=1S/C41H56N4O5S/c1-7-51-31(6)50-36(35(25-33-20-12-9-13-21-33)44-37(46)27-49-39-29(4)16-14-17-30(39)5)26-34(24-32-18-10-8-11-19-32)43-40(47)38(28(2)3)45-23-15-22-42-41(45)48/h8-14,16-21,28,31,34-36,38H,7,15,22-27H2,1-6H3,(H,42,48)(H,43,47)(H,44,46)/t31?,34-,35-,36-,38-/m0/s1. The maximum absolute atomic E-state index is 14.2. The van der Waals surface area contributed by atoms with E-state index in [2.05, 4.69) is 35.0 Å². The van der Waals surface area contributed by atoms with E-state index in [-0.39, 0.29) is 41.8 Å². The molecule has 0 saturated carbocycles. The van der Waals surface area contributed by atoms with E-state index in [4.69, 9.17) is 9.47 Å². The topological polar surface area (TPSA) is 109 Å². The Morgan fingerprint density at radius 3 is 2.10 bits per heavy atom. The Morgan fingerprint density at radius 1 is 0.882 bits per heavy atom. The molecule has 0 bridgehead atoms. The number of nitrogens with one attached hydrogen (secondary N) is 3. The summed E-state index contributed by atoms with van der Waals surface area (Å²) in [6.07, 6.45) is 1.83. The molecule has 1 aliphatic rings. The van der Waals surface area contributed by atoms with E-state index in [0.29, 0.717) is 38.1 Å². The zero-order valence-electron chi connectivity index (χ0n) is 31.0. The second kappa shape index (κ2) is 20.1. The quantitative estimate of drug-likeness (QED) is 0.123. The molecule has 5 atom stereocenters. The predicted octanol–water partition coefficient (Wildman–Crippen LogP) is 6.45. The lowest BCUT2D eigenvalue weighted by Crippen LogP contribution is -2.59. The molecule has 1 fully saturated rings. The fourth-order valence-corrected chi connectivity index (χ4v) is 7.46. The first-order valence-corrected chi connectivity index (χ1v) is 19.3. The van der Waals surface area contributed by atoms with Gasteiger partial charge in [0.15, 0.2) is 6.61 Å². The average Bonchev–Trinajstić information content (AvgIpc) is 3.09. The summed E-state index contributed by atoms with van der Waals surface area (Å²) < 4.78 is 12.9. The van der Waals surface area contributed by atoms with Crippen molar-refractivity contribution in [2.45, 2.75) is 96.9 Å². The van der Waals surface area contributed by atoms with Crippen LogP contribution in [0.1, 0.15) is 62.8 Å². The molecule has 1 heterocycles. The Labute approximate surface area is 308 Å². The number of thioether (sulfide) groups is 1. The van der Waals surface area contributed by atoms with Gasteiger partial charge < -0.3 is 30.3 Å². The van der Waals surface area contributed by atoms with Gasteiger partial charge in [0.1, 0.15) is 17.2 Å². The van der Waals surface area contributed by atoms with Crippen molar-refractivity contribution in [1.29, 1.82) is 0 Å². The number of nitrogens with zero attached hydrogens (tertiary/aromatic N) is 1. The molecule has 3 aromatic carbocycles. The molecule has 1 saturated heterocycles. The van der Waals surface area contributed by atoms with Gasteiger partial charge in [-0.3, -0.25) is 9.59 Å². The van der Waals surface area contributed by atoms with Crippen molar-refractivity contribution in [2.24, 2.45) is 5.92 Å². The van der Waals surface area contributed by atoms with Crippen molar-refractivity contribution in [3.63, 3.8) is 0 Å². The Kier molecular flexibility index (Phi) is 15.7. The molecule has 0 radical (unpaired) electrons. The van der Waals surface area contributed by atoms with Gasteiger partial charge >= 0.3 is 6.03 Å². The zero-order chi connectivity index (χ0) is 36.8. The summed E-state index contributed by atoms with van der Waals surface area (Å²) in [5, 5.41) is 9.52. The lowest BCUT2D eigenvalue weighted by Gasteiger charge is -2.38. The first-order chi connectivity index (χ1) is 24.5. The molecule has 3 N–H and O–H groups in total. The number of amides is 4. The molecule has 51 heavy (non-hydrogen) atoms. The highest BCUT2D eigenvalue weighted by molar-refractivity contribution is 7.99. The highest BCUT2D eigenvalue weighted by Crippen LogP contribution is 2.24. The van der Waals surface area contributed by atoms with Gasteiger partial charge in [0.05, 0.1) is 12.1 Å². The fraction of sp³-hybridized carbons (Fsp3) is 0.488. The van der Waals surface area contributed by atoms with Crippen LogP contribution in [0.4, 0.5) is 4.79 Å². The maximum Gasteiger partial charge on any atom is 0.318 e. The third-order valence-electron chi connectivity index (χ3n) is 9.15. The highest BCUT2D eigenvalue weighted by Gasteiger charge is 2.36. The highest BCUT2D eigenvalue weighted by atomic mass is 32.2. The SMILES string of the molecule is CCSC(C)O[C@@H](C[C@H](Cc1ccccc1)NC(=O)[C@H](C(C)C)N1CCCNC1=O)[C@H](Cc1ccccc1)NC(=O)COc1c(C)cccc1C. The van der Waals surface area contributed by atoms with E-state index in [1.54, 1.807) is 16.7 Å². The molecule has 4 amide bonds. The normalized spacial score (nSPS) is 16.1. The first kappa shape index (κ1) is 39.8. The van der Waals surface area contributed by atoms with Crippen LogP contribution in [0.25, 0.3) is 0 Å². The van der Waals surface area contributed by atoms with Crippen LogP contribution in [0.2, 0.25) is 0 Å². The van der Waals surface area contributed by atoms with Crippen molar-refractivity contribution in [3.05, 3.63) is 101 Å². The van der Waals surface area contributed by atoms with Gasteiger partial charge in [0.2, 0.25) is 5.91 Å². The van der Waals surface area contributed by atoms with E-state index in [0.717, 1.165) is 34.4 Å². The van der Waals surface area contributed by atoms with Gasteiger partial charge in [-0.25, -0.2) is 4.79 Å². The van der Waals surface area contributed by atoms with Crippen LogP contribution >= 0.6 is 11.8 Å². The summed E-state index contributed by atoms with van der Waals surface area (Å²) in [7, 11) is 0. The van der Waals surface area contributed by atoms with Crippen molar-refractivity contribution in [1.82, 2.24) is 20.9 Å². The summed E-state index contributed by atoms with van der Waals surface area (Å²) in [6, 6.07) is 24.4. The van der Waals surface area contributed by atoms with Gasteiger partial charge in [0, 0.05) is 19.1 Å². The van der Waals surface area contributed by atoms with Crippen LogP contribution in [0, 0.1) is 19.8 Å². The van der Waals surface area contributed by atoms with Gasteiger partial charge in [-0.1, -0.05) is 99.6 Å². The molecule has 0 aliphatic carbocycles. The minimum atomic E-state index is -0.626. The lowest BCUT2D eigenvalue weighted by molar-refractivity contribution is -0.129. The molecule has 1 unspecified atom stereocenters. The zero-order valence-corrected chi connectivity index (χ0v) is 31.8. The van der Waals surface area contributed by atoms with E-state index < -0.39 is 18.2 Å². The van der Waals surface area contributed by atoms with Crippen LogP contribution in [0.3, 0.4) is 0 Å². The molecular formula is C41H56N4O5S. The molecule has 276 valence electrons. The smallest absolute Gasteiger partial charge is 0.318 e. The Hall–Kier alpha value is -4.02. The molecule has 0 aromatic heterocycles. The number of carbonyl (C=O) groups excluding carboxylic acids is 3. The minimum absolute atomic E-state index is 0.0961. The average molecular weight is 717 g/mol. The number of benzene rings is 3. The van der Waals surface area contributed by atoms with Crippen molar-refractivity contribution in [2.75, 3.05) is 25.4 Å². The number of urea groups is 1. The van der Waals surface area contributed by atoms with Gasteiger partial charge in [-0.2, -0.15) is 0 Å². The second-order valence-corrected chi connectivity index (χ2v) is 15.2. The number of hydrogen-bond donors (Lipinski definition) is 3. The van der Waals surface area contributed by atoms with E-state index in [9.17, 15) is 14.4 Å². The summed E-state index contributed by atoms with van der Waals surface area (Å²) in [4.78, 5) is 42.4. The Bertz CT molecular complexity index is 1520. The third kappa shape index (κ3) is 12.3. The molecule has 1 aliphatic heterocycles. The number of aryl methyl sites for hydroxylation is 2. The predicted molar refractivity (Wildman–Crippen MR) is 206 cm³/mol. The summed E-state index contributed by atoms with van der Waals surface area (Å²) in [5.41, 5.74) is 3.91. The van der Waals surface area contributed by atoms with Gasteiger partial charge in [0.25, 0.3) is 5.91 Å². The van der Waals surface area contributed by atoms with Gasteiger partial charge in [-0.05, 0) is 80.4 Å². The molecule has 3 aromatic rings. The maximum atomic E-state index is 14.2. The molecule has 4 rings (SSSR count). The monoisotopic (exact) mass is 716 g/mol. The lowest BCUT2D eigenvalue weighted by atomic mass is 9.92. The van der Waals surface area contributed by atoms with Crippen molar-refractivity contribution >= 4 is 29.6 Å². The van der Waals surface area contributed by atoms with E-state index in [1.165, 1.54) is 0 Å². The van der Waals surface area contributed by atoms with Crippen LogP contribution < -0.4 is 20.7 Å². The molecule has 10 heteroatoms. The third-order valence-corrected chi connectivity index (χ3v) is 10.1. The number of rotatable bonds is 19. The summed E-state index contributed by atoms with van der Waals surface area (Å²) in [5.74, 6) is 1.04. The number of para-hydroxylation sites is 1. The minimum Gasteiger partial charge on any atom is -0.483 e. The van der Waals surface area contributed by atoms with E-state index >= 15 is 0 Å². The van der Waals surface area contributed by atoms with Crippen LogP contribution in [-0.2, 0) is 27.2 Å². The number of hydrogen-bond acceptors (Lipinski definition) is 6. The fourth-order valence-electron chi connectivity index (χ4n) is 6.77. The number of carbonyl (C=O) groups is 3. The second-order valence-electron chi connectivity index (χ2n) is 13.7. The summed E-state index contributed by atoms with van der Waals surface area (Å²) >= 11 is 1.69. The molecule has 9 nitrogen and oxygen atoms in total. The van der Waals surface area contributed by atoms with Crippen molar-refractivity contribution in [3.8, 4) is 5.75 Å². The van der Waals surface area contributed by atoms with Crippen LogP contribution in [-0.4, -0.2) is 77.9 Å². The van der Waals surface area contributed by atoms with Crippen LogP contribution in [0.5, 0.6) is 5.75 Å². The van der Waals surface area contributed by atoms with Crippen LogP contribution in [0.15, 0.2) is 78.9 Å². The van der Waals surface area contributed by atoms with E-state index in [1.807, 2.05) is 101 Å². The Balaban J connectivity index is 1.65. The number of ether oxygens (including phenoxy) is 2. The molecular weight excluding hydrogens is 661 g/mol. The largest absolute Gasteiger partial charge is 0.483 e. The molecule has 0 spiro atoms. The Morgan fingerprint density at radius 2 is 1.51 bits per heavy atom. The summed E-state index contributed by atoms with van der Waals surface area (Å²) in [6.45, 7) is 13.0. The first-order valence-electron chi connectivity index (χ1n) is 18.2.